The number of fused-ring (bicyclic) bond motifs is 1. The van der Waals surface area contributed by atoms with Crippen molar-refractivity contribution >= 4 is 39.1 Å². The quantitative estimate of drug-likeness (QED) is 0.431. The third kappa shape index (κ3) is 3.33. The standard InChI is InChI=1S/C23H24INO4/c1-26-17-9-8-15-16(12-25-22(15)21(17)24)20(13-6-5-7-13)14-10-18(27-2)23(29-4)19(11-14)28-3/h8-12,25H,5-7H2,1-4H3. The van der Waals surface area contributed by atoms with Crippen molar-refractivity contribution < 1.29 is 18.9 Å². The first kappa shape index (κ1) is 19.9. The first-order chi connectivity index (χ1) is 14.1. The number of hydrogen-bond donors (Lipinski definition) is 1. The average molecular weight is 505 g/mol. The van der Waals surface area contributed by atoms with Crippen LogP contribution in [0.4, 0.5) is 0 Å². The molecule has 0 aliphatic heterocycles. The number of H-pyrrole nitrogens is 1. The molecule has 2 aromatic carbocycles. The molecule has 0 spiro atoms. The van der Waals surface area contributed by atoms with Crippen LogP contribution in [0.15, 0.2) is 36.0 Å². The fraction of sp³-hybridized carbons (Fsp3) is 0.304. The van der Waals surface area contributed by atoms with Crippen LogP contribution in [0.1, 0.15) is 30.4 Å². The molecule has 4 rings (SSSR count). The summed E-state index contributed by atoms with van der Waals surface area (Å²) in [5, 5.41) is 1.18. The first-order valence-corrected chi connectivity index (χ1v) is 10.6. The fourth-order valence-electron chi connectivity index (χ4n) is 3.89. The Hall–Kier alpha value is -2.35. The molecule has 3 aromatic rings. The number of ether oxygens (including phenoxy) is 4. The molecule has 152 valence electrons. The lowest BCUT2D eigenvalue weighted by Gasteiger charge is -2.24. The number of allylic oxidation sites excluding steroid dienone is 1. The normalized spacial score (nSPS) is 13.2. The summed E-state index contributed by atoms with van der Waals surface area (Å²) in [6, 6.07) is 8.23. The van der Waals surface area contributed by atoms with Gasteiger partial charge in [-0.05, 0) is 77.3 Å². The number of methoxy groups -OCH3 is 4. The molecule has 0 amide bonds. The lowest BCUT2D eigenvalue weighted by atomic mass is 9.82. The van der Waals surface area contributed by atoms with Crippen molar-refractivity contribution in [2.45, 2.75) is 19.3 Å². The monoisotopic (exact) mass is 505 g/mol. The highest BCUT2D eigenvalue weighted by Gasteiger charge is 2.24. The van der Waals surface area contributed by atoms with Crippen LogP contribution in [0.5, 0.6) is 23.0 Å². The Morgan fingerprint density at radius 1 is 0.897 bits per heavy atom. The number of benzene rings is 2. The number of nitrogens with one attached hydrogen (secondary N) is 1. The molecule has 0 atom stereocenters. The van der Waals surface area contributed by atoms with Crippen LogP contribution in [0.25, 0.3) is 16.5 Å². The van der Waals surface area contributed by atoms with Crippen molar-refractivity contribution in [3.63, 3.8) is 0 Å². The van der Waals surface area contributed by atoms with E-state index in [0.717, 1.165) is 33.2 Å². The van der Waals surface area contributed by atoms with Gasteiger partial charge in [-0.3, -0.25) is 0 Å². The van der Waals surface area contributed by atoms with E-state index in [1.807, 2.05) is 18.2 Å². The fourth-order valence-corrected chi connectivity index (χ4v) is 4.73. The van der Waals surface area contributed by atoms with Gasteiger partial charge in [-0.2, -0.15) is 0 Å². The highest BCUT2D eigenvalue weighted by Crippen LogP contribution is 2.46. The zero-order valence-electron chi connectivity index (χ0n) is 17.0. The van der Waals surface area contributed by atoms with Crippen molar-refractivity contribution in [3.05, 3.63) is 50.7 Å². The SMILES string of the molecule is COc1cc(C(=C2CCC2)c2c[nH]c3c(I)c(OC)ccc23)cc(OC)c1OC. The summed E-state index contributed by atoms with van der Waals surface area (Å²) in [5.74, 6) is 2.80. The predicted molar refractivity (Wildman–Crippen MR) is 124 cm³/mol. The van der Waals surface area contributed by atoms with Gasteiger partial charge in [0.25, 0.3) is 0 Å². The van der Waals surface area contributed by atoms with Crippen molar-refractivity contribution in [2.24, 2.45) is 0 Å². The van der Waals surface area contributed by atoms with Gasteiger partial charge in [0, 0.05) is 17.1 Å². The average Bonchev–Trinajstić information content (AvgIpc) is 3.14. The number of aromatic nitrogens is 1. The highest BCUT2D eigenvalue weighted by atomic mass is 127. The molecule has 1 heterocycles. The predicted octanol–water partition coefficient (Wildman–Crippen LogP) is 5.79. The second-order valence-electron chi connectivity index (χ2n) is 6.95. The van der Waals surface area contributed by atoms with Crippen LogP contribution < -0.4 is 18.9 Å². The molecule has 0 unspecified atom stereocenters. The number of rotatable bonds is 6. The molecule has 29 heavy (non-hydrogen) atoms. The summed E-state index contributed by atoms with van der Waals surface area (Å²) in [6.07, 6.45) is 5.52. The molecule has 0 saturated heterocycles. The molecule has 0 bridgehead atoms. The third-order valence-electron chi connectivity index (χ3n) is 5.51. The zero-order valence-corrected chi connectivity index (χ0v) is 19.2. The maximum Gasteiger partial charge on any atom is 0.203 e. The largest absolute Gasteiger partial charge is 0.496 e. The Bertz CT molecular complexity index is 1070. The molecular formula is C23H24INO4. The molecule has 1 aromatic heterocycles. The van der Waals surface area contributed by atoms with Crippen LogP contribution in [0, 0.1) is 3.57 Å². The molecular weight excluding hydrogens is 481 g/mol. The van der Waals surface area contributed by atoms with Crippen molar-refractivity contribution in [1.82, 2.24) is 4.98 Å². The molecule has 6 heteroatoms. The Balaban J connectivity index is 1.95. The Morgan fingerprint density at radius 3 is 2.07 bits per heavy atom. The third-order valence-corrected chi connectivity index (χ3v) is 6.58. The number of aromatic amines is 1. The second kappa shape index (κ2) is 8.18. The van der Waals surface area contributed by atoms with Crippen LogP contribution >= 0.6 is 22.6 Å². The number of hydrogen-bond acceptors (Lipinski definition) is 4. The van der Waals surface area contributed by atoms with E-state index in [-0.39, 0.29) is 0 Å². The van der Waals surface area contributed by atoms with Gasteiger partial charge in [-0.15, -0.1) is 0 Å². The van der Waals surface area contributed by atoms with Gasteiger partial charge in [-0.1, -0.05) is 5.57 Å². The molecule has 1 aliphatic rings. The van der Waals surface area contributed by atoms with Crippen molar-refractivity contribution in [1.29, 1.82) is 0 Å². The van der Waals surface area contributed by atoms with E-state index in [2.05, 4.69) is 39.8 Å². The van der Waals surface area contributed by atoms with Gasteiger partial charge >= 0.3 is 0 Å². The van der Waals surface area contributed by atoms with Gasteiger partial charge in [-0.25, -0.2) is 0 Å². The molecule has 1 aliphatic carbocycles. The van der Waals surface area contributed by atoms with E-state index < -0.39 is 0 Å². The lowest BCUT2D eigenvalue weighted by molar-refractivity contribution is 0.324. The van der Waals surface area contributed by atoms with Crippen LogP contribution in [-0.4, -0.2) is 33.4 Å². The smallest absolute Gasteiger partial charge is 0.203 e. The van der Waals surface area contributed by atoms with Gasteiger partial charge < -0.3 is 23.9 Å². The lowest BCUT2D eigenvalue weighted by Crippen LogP contribution is -2.04. The summed E-state index contributed by atoms with van der Waals surface area (Å²) in [4.78, 5) is 3.46. The Morgan fingerprint density at radius 2 is 1.55 bits per heavy atom. The molecule has 1 saturated carbocycles. The number of halogens is 1. The van der Waals surface area contributed by atoms with Gasteiger partial charge in [0.15, 0.2) is 11.5 Å². The zero-order chi connectivity index (χ0) is 20.5. The molecule has 1 N–H and O–H groups in total. The molecule has 1 fully saturated rings. The van der Waals surface area contributed by atoms with Crippen LogP contribution in [0.2, 0.25) is 0 Å². The van der Waals surface area contributed by atoms with E-state index in [1.54, 1.807) is 28.4 Å². The minimum absolute atomic E-state index is 0.606. The maximum atomic E-state index is 5.60. The second-order valence-corrected chi connectivity index (χ2v) is 8.03. The van der Waals surface area contributed by atoms with Gasteiger partial charge in [0.2, 0.25) is 5.75 Å². The summed E-state index contributed by atoms with van der Waals surface area (Å²) in [5.41, 5.74) is 6.03. The first-order valence-electron chi connectivity index (χ1n) is 9.49. The molecule has 5 nitrogen and oxygen atoms in total. The van der Waals surface area contributed by atoms with Crippen molar-refractivity contribution in [2.75, 3.05) is 28.4 Å². The van der Waals surface area contributed by atoms with E-state index in [4.69, 9.17) is 18.9 Å². The maximum absolute atomic E-state index is 5.60. The van der Waals surface area contributed by atoms with E-state index in [1.165, 1.54) is 28.5 Å². The minimum atomic E-state index is 0.606. The summed E-state index contributed by atoms with van der Waals surface area (Å²) in [6.45, 7) is 0. The summed E-state index contributed by atoms with van der Waals surface area (Å²) < 4.78 is 23.3. The summed E-state index contributed by atoms with van der Waals surface area (Å²) in [7, 11) is 6.63. The summed E-state index contributed by atoms with van der Waals surface area (Å²) >= 11 is 2.33. The van der Waals surface area contributed by atoms with Crippen LogP contribution in [0.3, 0.4) is 0 Å². The molecule has 0 radical (unpaired) electrons. The van der Waals surface area contributed by atoms with Crippen molar-refractivity contribution in [3.8, 4) is 23.0 Å². The minimum Gasteiger partial charge on any atom is -0.496 e. The Kier molecular flexibility index (Phi) is 5.63. The topological polar surface area (TPSA) is 52.7 Å². The Labute approximate surface area is 184 Å². The highest BCUT2D eigenvalue weighted by molar-refractivity contribution is 14.1. The van der Waals surface area contributed by atoms with Gasteiger partial charge in [0.1, 0.15) is 5.75 Å². The van der Waals surface area contributed by atoms with E-state index in [9.17, 15) is 0 Å². The van der Waals surface area contributed by atoms with Crippen LogP contribution in [-0.2, 0) is 0 Å². The van der Waals surface area contributed by atoms with Gasteiger partial charge in [0.05, 0.1) is 37.5 Å². The van der Waals surface area contributed by atoms with E-state index >= 15 is 0 Å². The van der Waals surface area contributed by atoms with E-state index in [0.29, 0.717) is 17.2 Å².